The van der Waals surface area contributed by atoms with E-state index in [1.165, 1.54) is 0 Å². The second kappa shape index (κ2) is 11.0. The Morgan fingerprint density at radius 2 is 1.55 bits per heavy atom. The van der Waals surface area contributed by atoms with Crippen LogP contribution in [0.25, 0.3) is 0 Å². The maximum atomic E-state index is 11.5. The van der Waals surface area contributed by atoms with Crippen LogP contribution in [0.15, 0.2) is 10.2 Å². The van der Waals surface area contributed by atoms with Gasteiger partial charge >= 0.3 is 0 Å². The lowest BCUT2D eigenvalue weighted by atomic mass is 10.1. The van der Waals surface area contributed by atoms with Crippen LogP contribution in [-0.4, -0.2) is 41.0 Å². The zero-order chi connectivity index (χ0) is 17.1. The van der Waals surface area contributed by atoms with Crippen LogP contribution in [0.5, 0.6) is 0 Å². The van der Waals surface area contributed by atoms with Crippen LogP contribution in [0, 0.1) is 5.92 Å². The maximum absolute atomic E-state index is 11.5. The van der Waals surface area contributed by atoms with Crippen molar-refractivity contribution in [3.8, 4) is 0 Å². The first-order chi connectivity index (χ1) is 10.3. The molecule has 0 aromatic heterocycles. The van der Waals surface area contributed by atoms with E-state index in [0.29, 0.717) is 34.6 Å². The van der Waals surface area contributed by atoms with E-state index in [4.69, 9.17) is 24.4 Å². The van der Waals surface area contributed by atoms with Gasteiger partial charge in [0.2, 0.25) is 0 Å². The molecule has 0 heterocycles. The summed E-state index contributed by atoms with van der Waals surface area (Å²) in [6.07, 6.45) is 0.439. The van der Waals surface area contributed by atoms with Crippen molar-refractivity contribution in [1.29, 1.82) is 0 Å². The van der Waals surface area contributed by atoms with Crippen molar-refractivity contribution in [3.05, 3.63) is 0 Å². The Morgan fingerprint density at radius 3 is 2.00 bits per heavy atom. The summed E-state index contributed by atoms with van der Waals surface area (Å²) in [6.45, 7) is 7.83. The smallest absolute Gasteiger partial charge is 0.186 e. The van der Waals surface area contributed by atoms with Crippen molar-refractivity contribution in [2.45, 2.75) is 34.1 Å². The van der Waals surface area contributed by atoms with E-state index in [1.807, 2.05) is 13.8 Å². The highest BCUT2D eigenvalue weighted by molar-refractivity contribution is 7.80. The standard InChI is InChI=1S/C13H24N6OS2/c1-8(2)11(20)6-7-15-13(22)19-17-10(4)9(3)16-18-12(21)14-5/h8H,6-7H2,1-5H3,(H2,14,18,21)(H2,15,19,22)/b16-9+,17-10+. The quantitative estimate of drug-likeness (QED) is 0.310. The summed E-state index contributed by atoms with van der Waals surface area (Å²) in [5.74, 6) is 0.239. The first-order valence-corrected chi connectivity index (χ1v) is 7.72. The van der Waals surface area contributed by atoms with Crippen molar-refractivity contribution in [3.63, 3.8) is 0 Å². The highest BCUT2D eigenvalue weighted by Gasteiger charge is 2.06. The lowest BCUT2D eigenvalue weighted by Crippen LogP contribution is -2.35. The van der Waals surface area contributed by atoms with E-state index < -0.39 is 0 Å². The number of ketones is 1. The van der Waals surface area contributed by atoms with Crippen molar-refractivity contribution < 1.29 is 4.79 Å². The minimum atomic E-state index is 0.0404. The van der Waals surface area contributed by atoms with E-state index >= 15 is 0 Å². The SMILES string of the molecule is CNC(=S)N/N=C(C)/C(C)=N/NC(=S)NCCC(=O)C(C)C. The van der Waals surface area contributed by atoms with E-state index in [2.05, 4.69) is 31.7 Å². The fourth-order valence-corrected chi connectivity index (χ4v) is 1.31. The molecule has 124 valence electrons. The number of rotatable bonds is 7. The monoisotopic (exact) mass is 344 g/mol. The molecule has 0 fully saturated rings. The zero-order valence-electron chi connectivity index (χ0n) is 13.6. The molecule has 0 bridgehead atoms. The van der Waals surface area contributed by atoms with Crippen molar-refractivity contribution in [2.24, 2.45) is 16.1 Å². The largest absolute Gasteiger partial charge is 0.364 e. The molecule has 0 unspecified atom stereocenters. The molecule has 0 radical (unpaired) electrons. The van der Waals surface area contributed by atoms with Crippen LogP contribution in [-0.2, 0) is 4.79 Å². The lowest BCUT2D eigenvalue weighted by molar-refractivity contribution is -0.121. The van der Waals surface area contributed by atoms with Gasteiger partial charge in [0, 0.05) is 25.9 Å². The third-order valence-corrected chi connectivity index (χ3v) is 3.23. The van der Waals surface area contributed by atoms with Gasteiger partial charge in [-0.2, -0.15) is 10.2 Å². The number of nitrogens with one attached hydrogen (secondary N) is 4. The highest BCUT2D eigenvalue weighted by Crippen LogP contribution is 1.96. The third kappa shape index (κ3) is 9.35. The van der Waals surface area contributed by atoms with Crippen LogP contribution >= 0.6 is 24.4 Å². The first kappa shape index (κ1) is 20.4. The van der Waals surface area contributed by atoms with E-state index in [1.54, 1.807) is 20.9 Å². The Hall–Kier alpha value is -1.61. The predicted octanol–water partition coefficient (Wildman–Crippen LogP) is 0.911. The molecule has 0 aliphatic rings. The summed E-state index contributed by atoms with van der Waals surface area (Å²) in [4.78, 5) is 11.5. The zero-order valence-corrected chi connectivity index (χ0v) is 15.2. The second-order valence-corrected chi connectivity index (χ2v) is 5.64. The van der Waals surface area contributed by atoms with Gasteiger partial charge in [0.05, 0.1) is 11.4 Å². The van der Waals surface area contributed by atoms with Gasteiger partial charge in [-0.15, -0.1) is 0 Å². The molecular weight excluding hydrogens is 320 g/mol. The molecule has 7 nitrogen and oxygen atoms in total. The molecule has 0 rings (SSSR count). The van der Waals surface area contributed by atoms with E-state index in [0.717, 1.165) is 0 Å². The molecule has 0 aliphatic heterocycles. The molecule has 0 atom stereocenters. The van der Waals surface area contributed by atoms with Gasteiger partial charge in [0.15, 0.2) is 10.2 Å². The average molecular weight is 345 g/mol. The molecule has 0 aliphatic carbocycles. The molecule has 0 amide bonds. The lowest BCUT2D eigenvalue weighted by Gasteiger charge is -2.09. The summed E-state index contributed by atoms with van der Waals surface area (Å²) in [6, 6.07) is 0. The topological polar surface area (TPSA) is 89.9 Å². The predicted molar refractivity (Wildman–Crippen MR) is 99.2 cm³/mol. The van der Waals surface area contributed by atoms with Crippen molar-refractivity contribution in [1.82, 2.24) is 21.5 Å². The Balaban J connectivity index is 4.20. The summed E-state index contributed by atoms with van der Waals surface area (Å²) in [5, 5.41) is 14.6. The van der Waals surface area contributed by atoms with Crippen molar-refractivity contribution >= 4 is 51.9 Å². The minimum Gasteiger partial charge on any atom is -0.364 e. The summed E-state index contributed by atoms with van der Waals surface area (Å²) < 4.78 is 0. The number of Topliss-reactive ketones (excluding diaryl/α,β-unsaturated/α-hetero) is 1. The molecule has 0 saturated heterocycles. The van der Waals surface area contributed by atoms with Crippen LogP contribution < -0.4 is 21.5 Å². The fraction of sp³-hybridized carbons (Fsp3) is 0.615. The van der Waals surface area contributed by atoms with Crippen LogP contribution in [0.3, 0.4) is 0 Å². The Kier molecular flexibility index (Phi) is 10.2. The number of carbonyl (C=O) groups excluding carboxylic acids is 1. The molecule has 9 heteroatoms. The van der Waals surface area contributed by atoms with Gasteiger partial charge in [-0.25, -0.2) is 0 Å². The number of hydrazone groups is 2. The molecule has 0 aromatic rings. The highest BCUT2D eigenvalue weighted by atomic mass is 32.1. The molecule has 0 spiro atoms. The van der Waals surface area contributed by atoms with Gasteiger partial charge in [-0.05, 0) is 38.3 Å². The first-order valence-electron chi connectivity index (χ1n) is 6.91. The maximum Gasteiger partial charge on any atom is 0.186 e. The summed E-state index contributed by atoms with van der Waals surface area (Å²) in [5.41, 5.74) is 6.71. The normalized spacial score (nSPS) is 11.9. The molecule has 22 heavy (non-hydrogen) atoms. The third-order valence-electron chi connectivity index (χ3n) is 2.70. The van der Waals surface area contributed by atoms with Crippen LogP contribution in [0.2, 0.25) is 0 Å². The molecular formula is C13H24N6OS2. The average Bonchev–Trinajstić information content (AvgIpc) is 2.49. The second-order valence-electron chi connectivity index (χ2n) is 4.82. The number of hydrogen-bond donors (Lipinski definition) is 4. The fourth-order valence-electron chi connectivity index (χ4n) is 1.11. The van der Waals surface area contributed by atoms with Gasteiger partial charge in [0.1, 0.15) is 5.78 Å². The van der Waals surface area contributed by atoms with Crippen molar-refractivity contribution in [2.75, 3.05) is 13.6 Å². The van der Waals surface area contributed by atoms with E-state index in [-0.39, 0.29) is 11.7 Å². The summed E-state index contributed by atoms with van der Waals surface area (Å²) in [7, 11) is 1.71. The Morgan fingerprint density at radius 1 is 1.05 bits per heavy atom. The number of nitrogens with zero attached hydrogens (tertiary/aromatic N) is 2. The van der Waals surface area contributed by atoms with Gasteiger partial charge in [-0.1, -0.05) is 13.8 Å². The molecule has 0 saturated carbocycles. The minimum absolute atomic E-state index is 0.0404. The van der Waals surface area contributed by atoms with Crippen LogP contribution in [0.4, 0.5) is 0 Å². The van der Waals surface area contributed by atoms with Gasteiger partial charge in [0.25, 0.3) is 0 Å². The van der Waals surface area contributed by atoms with E-state index in [9.17, 15) is 4.79 Å². The summed E-state index contributed by atoms with van der Waals surface area (Å²) >= 11 is 9.99. The number of hydrogen-bond acceptors (Lipinski definition) is 5. The number of thiocarbonyl (C=S) groups is 2. The Labute approximate surface area is 142 Å². The molecule has 4 N–H and O–H groups in total. The van der Waals surface area contributed by atoms with Gasteiger partial charge < -0.3 is 10.6 Å². The van der Waals surface area contributed by atoms with Gasteiger partial charge in [-0.3, -0.25) is 15.6 Å². The molecule has 0 aromatic carbocycles. The Bertz CT molecular complexity index is 473. The number of carbonyl (C=O) groups is 1. The van der Waals surface area contributed by atoms with Crippen LogP contribution in [0.1, 0.15) is 34.1 Å².